The van der Waals surface area contributed by atoms with Crippen LogP contribution < -0.4 is 34.0 Å². The molecule has 0 aliphatic rings. The van der Waals surface area contributed by atoms with Gasteiger partial charge in [-0.2, -0.15) is 0 Å². The molecule has 0 aliphatic carbocycles. The summed E-state index contributed by atoms with van der Waals surface area (Å²) in [4.78, 5) is 0. The molecule has 0 radical (unpaired) electrons. The Kier molecular flexibility index (Phi) is 27.9. The van der Waals surface area contributed by atoms with E-state index in [2.05, 4.69) is 42.0 Å². The van der Waals surface area contributed by atoms with Crippen molar-refractivity contribution in [2.75, 3.05) is 54.4 Å². The molecule has 6 heteroatoms. The maximum Gasteiger partial charge on any atom is 0.134 e. The average Bonchev–Trinajstić information content (AvgIpc) is 2.71. The van der Waals surface area contributed by atoms with Crippen molar-refractivity contribution in [2.24, 2.45) is 0 Å². The summed E-state index contributed by atoms with van der Waals surface area (Å²) in [5, 5.41) is 21.4. The van der Waals surface area contributed by atoms with Crippen molar-refractivity contribution >= 4 is 0 Å². The lowest BCUT2D eigenvalue weighted by molar-refractivity contribution is -0.902. The van der Waals surface area contributed by atoms with Gasteiger partial charge in [0, 0.05) is 0 Å². The Labute approximate surface area is 235 Å². The molecule has 0 spiro atoms. The normalized spacial score (nSPS) is 13.8. The van der Waals surface area contributed by atoms with E-state index in [0.717, 1.165) is 22.1 Å². The summed E-state index contributed by atoms with van der Waals surface area (Å²) in [7, 11) is 8.77. The lowest BCUT2D eigenvalue weighted by Crippen LogP contribution is -3.00. The van der Waals surface area contributed by atoms with Gasteiger partial charge in [-0.15, -0.1) is 0 Å². The molecule has 0 saturated heterocycles. The minimum atomic E-state index is -0.644. The van der Waals surface area contributed by atoms with Crippen molar-refractivity contribution in [3.05, 3.63) is 0 Å². The van der Waals surface area contributed by atoms with Crippen molar-refractivity contribution in [3.8, 4) is 0 Å². The Hall–Kier alpha value is 0.800. The number of halogens is 2. The third kappa shape index (κ3) is 24.5. The van der Waals surface area contributed by atoms with E-state index >= 15 is 0 Å². The second-order valence-corrected chi connectivity index (χ2v) is 11.8. The number of unbranched alkanes of at least 4 members (excludes halogenated alkanes) is 14. The summed E-state index contributed by atoms with van der Waals surface area (Å²) in [6.45, 7) is 7.96. The van der Waals surface area contributed by atoms with Crippen LogP contribution in [0.4, 0.5) is 0 Å². The van der Waals surface area contributed by atoms with E-state index in [0.29, 0.717) is 13.1 Å². The van der Waals surface area contributed by atoms with E-state index in [-0.39, 0.29) is 34.0 Å². The number of hydrogen-bond donors (Lipinski definition) is 2. The van der Waals surface area contributed by atoms with Crippen molar-refractivity contribution in [1.29, 1.82) is 0 Å². The van der Waals surface area contributed by atoms with Gasteiger partial charge in [0.1, 0.15) is 25.3 Å². The van der Waals surface area contributed by atoms with Gasteiger partial charge >= 0.3 is 0 Å². The Morgan fingerprint density at radius 2 is 0.676 bits per heavy atom. The van der Waals surface area contributed by atoms with Gasteiger partial charge in [-0.05, 0) is 25.7 Å². The molecule has 2 unspecified atom stereocenters. The van der Waals surface area contributed by atoms with Crippen LogP contribution in [0.25, 0.3) is 0 Å². The molecule has 0 aromatic carbocycles. The third-order valence-electron chi connectivity index (χ3n) is 7.04. The van der Waals surface area contributed by atoms with Gasteiger partial charge in [0.25, 0.3) is 0 Å². The fourth-order valence-electron chi connectivity index (χ4n) is 4.79. The molecule has 0 rings (SSSR count). The number of aliphatic hydroxyl groups is 2. The quantitative estimate of drug-likeness (QED) is 0.127. The van der Waals surface area contributed by atoms with Crippen LogP contribution in [0.5, 0.6) is 0 Å². The van der Waals surface area contributed by atoms with Gasteiger partial charge < -0.3 is 53.1 Å². The predicted molar refractivity (Wildman–Crippen MR) is 141 cm³/mol. The summed E-state index contributed by atoms with van der Waals surface area (Å²) >= 11 is 0. The maximum atomic E-state index is 10.7. The molecule has 2 N–H and O–H groups in total. The lowest BCUT2D eigenvalue weighted by Gasteiger charge is -2.36. The largest absolute Gasteiger partial charge is 1.00 e. The van der Waals surface area contributed by atoms with Crippen LogP contribution in [-0.2, 0) is 0 Å². The molecule has 0 aromatic heterocycles. The van der Waals surface area contributed by atoms with Gasteiger partial charge in [0.05, 0.1) is 41.3 Å². The van der Waals surface area contributed by atoms with Crippen LogP contribution in [-0.4, -0.2) is 85.8 Å². The van der Waals surface area contributed by atoms with E-state index in [1.807, 2.05) is 0 Å². The maximum absolute atomic E-state index is 10.7. The van der Waals surface area contributed by atoms with Gasteiger partial charge in [0.15, 0.2) is 0 Å². The first-order valence-electron chi connectivity index (χ1n) is 14.1. The number of rotatable bonds is 23. The number of hydrogen-bond acceptors (Lipinski definition) is 2. The van der Waals surface area contributed by atoms with Crippen LogP contribution in [0.3, 0.4) is 0 Å². The molecule has 4 nitrogen and oxygen atoms in total. The summed E-state index contributed by atoms with van der Waals surface area (Å²) in [6, 6.07) is 0. The number of nitrogens with zero attached hydrogens (tertiary/aromatic N) is 2. The van der Waals surface area contributed by atoms with Crippen molar-refractivity contribution in [3.63, 3.8) is 0 Å². The zero-order valence-electron chi connectivity index (χ0n) is 23.8. The Morgan fingerprint density at radius 1 is 0.441 bits per heavy atom. The van der Waals surface area contributed by atoms with Crippen LogP contribution in [0.1, 0.15) is 117 Å². The van der Waals surface area contributed by atoms with E-state index in [9.17, 15) is 10.2 Å². The third-order valence-corrected chi connectivity index (χ3v) is 7.04. The van der Waals surface area contributed by atoms with Crippen LogP contribution in [0.15, 0.2) is 0 Å². The molecule has 0 aliphatic heterocycles. The van der Waals surface area contributed by atoms with Crippen LogP contribution in [0.2, 0.25) is 0 Å². The van der Waals surface area contributed by atoms with Crippen molar-refractivity contribution in [1.82, 2.24) is 0 Å². The first kappa shape index (κ1) is 39.3. The molecule has 0 saturated carbocycles. The van der Waals surface area contributed by atoms with Gasteiger partial charge in [-0.25, -0.2) is 0 Å². The fourth-order valence-corrected chi connectivity index (χ4v) is 4.79. The Bertz CT molecular complexity index is 385. The highest BCUT2D eigenvalue weighted by atomic mass is 79.9. The fraction of sp³-hybridized carbons (Fsp3) is 1.00. The average molecular weight is 619 g/mol. The SMILES string of the molecule is CCCCCCCCCC[N+](C)(C)CC(O)C(O)C[N+](C)(C)CCCCCCCCCC.[Br-].[Br-]. The second-order valence-electron chi connectivity index (χ2n) is 11.8. The number of aliphatic hydroxyl groups excluding tert-OH is 2. The number of quaternary nitrogens is 2. The Balaban J connectivity index is -0.00000480. The molecule has 0 heterocycles. The highest BCUT2D eigenvalue weighted by Gasteiger charge is 2.30. The molecule has 0 amide bonds. The van der Waals surface area contributed by atoms with Crippen LogP contribution >= 0.6 is 0 Å². The van der Waals surface area contributed by atoms with Crippen molar-refractivity contribution < 1.29 is 53.1 Å². The van der Waals surface area contributed by atoms with Gasteiger partial charge in [-0.1, -0.05) is 90.9 Å². The first-order chi connectivity index (χ1) is 15.1. The summed E-state index contributed by atoms with van der Waals surface area (Å²) in [5.41, 5.74) is 0. The monoisotopic (exact) mass is 616 g/mol. The lowest BCUT2D eigenvalue weighted by atomic mass is 10.1. The predicted octanol–water partition coefficient (Wildman–Crippen LogP) is 0.150. The highest BCUT2D eigenvalue weighted by molar-refractivity contribution is 4.66. The summed E-state index contributed by atoms with van der Waals surface area (Å²) in [5.74, 6) is 0. The molecular weight excluding hydrogens is 556 g/mol. The summed E-state index contributed by atoms with van der Waals surface area (Å²) in [6.07, 6.45) is 20.0. The van der Waals surface area contributed by atoms with E-state index in [4.69, 9.17) is 0 Å². The van der Waals surface area contributed by atoms with Crippen LogP contribution in [0, 0.1) is 0 Å². The zero-order valence-corrected chi connectivity index (χ0v) is 27.0. The molecule has 34 heavy (non-hydrogen) atoms. The standard InChI is InChI=1S/C28H62N2O2.2BrH/c1-7-9-11-13-15-17-19-21-23-29(3,4)25-27(31)28(32)26-30(5,6)24-22-20-18-16-14-12-10-8-2;;/h27-28,31-32H,7-26H2,1-6H3;2*1H/q+2;;/p-2. The van der Waals surface area contributed by atoms with Crippen molar-refractivity contribution in [2.45, 2.75) is 129 Å². The highest BCUT2D eigenvalue weighted by Crippen LogP contribution is 2.14. The smallest absolute Gasteiger partial charge is 0.134 e. The van der Waals surface area contributed by atoms with Gasteiger partial charge in [0.2, 0.25) is 0 Å². The zero-order chi connectivity index (χ0) is 24.3. The molecule has 210 valence electrons. The number of likely N-dealkylation sites (N-methyl/N-ethyl adjacent to an activating group) is 2. The van der Waals surface area contributed by atoms with E-state index in [1.54, 1.807) is 0 Å². The minimum Gasteiger partial charge on any atom is -1.00 e. The Morgan fingerprint density at radius 3 is 0.941 bits per heavy atom. The molecule has 0 fully saturated rings. The van der Waals surface area contributed by atoms with E-state index < -0.39 is 12.2 Å². The molecule has 0 aromatic rings. The summed E-state index contributed by atoms with van der Waals surface area (Å²) < 4.78 is 1.58. The second kappa shape index (κ2) is 24.2. The molecular formula is C28H62Br2N2O2. The first-order valence-corrected chi connectivity index (χ1v) is 14.1. The molecule has 2 atom stereocenters. The minimum absolute atomic E-state index is 0. The molecule has 0 bridgehead atoms. The van der Waals surface area contributed by atoms with Gasteiger partial charge in [-0.3, -0.25) is 0 Å². The van der Waals surface area contributed by atoms with E-state index in [1.165, 1.54) is 103 Å². The topological polar surface area (TPSA) is 40.5 Å².